The first-order valence-corrected chi connectivity index (χ1v) is 8.59. The van der Waals surface area contributed by atoms with Crippen LogP contribution in [0.2, 0.25) is 5.02 Å². The number of hydrogen-bond acceptors (Lipinski definition) is 4. The number of ether oxygens (including phenoxy) is 1. The van der Waals surface area contributed by atoms with Gasteiger partial charge in [0.2, 0.25) is 5.91 Å². The largest absolute Gasteiger partial charge is 0.468 e. The maximum absolute atomic E-state index is 14.0. The van der Waals surface area contributed by atoms with Crippen molar-refractivity contribution in [2.24, 2.45) is 5.92 Å². The quantitative estimate of drug-likeness (QED) is 0.573. The van der Waals surface area contributed by atoms with Crippen LogP contribution in [0.5, 0.6) is 0 Å². The highest BCUT2D eigenvalue weighted by molar-refractivity contribution is 8.00. The summed E-state index contributed by atoms with van der Waals surface area (Å²) in [6.07, 6.45) is 0.974. The molecule has 1 aromatic rings. The van der Waals surface area contributed by atoms with Crippen molar-refractivity contribution in [3.63, 3.8) is 0 Å². The molecule has 4 nitrogen and oxygen atoms in total. The summed E-state index contributed by atoms with van der Waals surface area (Å²) >= 11 is 7.27. The maximum atomic E-state index is 14.0. The van der Waals surface area contributed by atoms with E-state index < -0.39 is 11.1 Å². The molecule has 7 heteroatoms. The Labute approximate surface area is 145 Å². The molecule has 0 aromatic heterocycles. The zero-order valence-electron chi connectivity index (χ0n) is 13.6. The number of anilines is 1. The molecule has 0 radical (unpaired) electrons. The molecule has 1 aromatic carbocycles. The van der Waals surface area contributed by atoms with Gasteiger partial charge in [-0.2, -0.15) is 0 Å². The van der Waals surface area contributed by atoms with Crippen LogP contribution < -0.4 is 5.32 Å². The van der Waals surface area contributed by atoms with E-state index in [0.29, 0.717) is 17.7 Å². The van der Waals surface area contributed by atoms with Crippen molar-refractivity contribution in [2.75, 3.05) is 12.4 Å². The fourth-order valence-electron chi connectivity index (χ4n) is 1.86. The Morgan fingerprint density at radius 3 is 2.57 bits per heavy atom. The molecule has 1 N–H and O–H groups in total. The fourth-order valence-corrected chi connectivity index (χ4v) is 3.24. The minimum atomic E-state index is -0.608. The van der Waals surface area contributed by atoms with Crippen LogP contribution in [0.4, 0.5) is 10.1 Å². The topological polar surface area (TPSA) is 55.4 Å². The second-order valence-electron chi connectivity index (χ2n) is 5.37. The summed E-state index contributed by atoms with van der Waals surface area (Å²) in [6, 6.07) is 2.59. The monoisotopic (exact) mass is 361 g/mol. The van der Waals surface area contributed by atoms with Crippen LogP contribution in [0.3, 0.4) is 0 Å². The van der Waals surface area contributed by atoms with Gasteiger partial charge < -0.3 is 10.1 Å². The number of hydrogen-bond donors (Lipinski definition) is 1. The molecule has 0 spiro atoms. The van der Waals surface area contributed by atoms with Crippen molar-refractivity contribution in [3.05, 3.63) is 23.0 Å². The molecule has 128 valence electrons. The van der Waals surface area contributed by atoms with E-state index in [0.717, 1.165) is 6.07 Å². The summed E-state index contributed by atoms with van der Waals surface area (Å²) in [5, 5.41) is 2.24. The first kappa shape index (κ1) is 19.8. The Balaban J connectivity index is 3.06. The van der Waals surface area contributed by atoms with E-state index in [4.69, 9.17) is 16.3 Å². The van der Waals surface area contributed by atoms with Crippen molar-refractivity contribution < 1.29 is 18.7 Å². The van der Waals surface area contributed by atoms with E-state index in [1.807, 2.05) is 20.8 Å². The molecule has 1 amide bonds. The molecule has 0 aliphatic carbocycles. The molecular weight excluding hydrogens is 341 g/mol. The van der Waals surface area contributed by atoms with Gasteiger partial charge in [-0.25, -0.2) is 4.39 Å². The molecule has 0 heterocycles. The third-order valence-electron chi connectivity index (χ3n) is 3.07. The number of methoxy groups -OCH3 is 1. The number of benzene rings is 1. The van der Waals surface area contributed by atoms with Gasteiger partial charge >= 0.3 is 5.97 Å². The van der Waals surface area contributed by atoms with Gasteiger partial charge in [-0.3, -0.25) is 9.59 Å². The Kier molecular flexibility index (Phi) is 7.85. The number of halogens is 2. The van der Waals surface area contributed by atoms with Crippen LogP contribution in [0.1, 0.15) is 33.6 Å². The Morgan fingerprint density at radius 2 is 2.04 bits per heavy atom. The maximum Gasteiger partial charge on any atom is 0.319 e. The first-order valence-electron chi connectivity index (χ1n) is 7.33. The molecule has 0 fully saturated rings. The van der Waals surface area contributed by atoms with Gasteiger partial charge in [0.1, 0.15) is 11.1 Å². The number of carbonyl (C=O) groups is 2. The molecule has 1 atom stereocenters. The van der Waals surface area contributed by atoms with Crippen molar-refractivity contribution >= 4 is 40.9 Å². The van der Waals surface area contributed by atoms with Gasteiger partial charge in [-0.15, -0.1) is 11.8 Å². The van der Waals surface area contributed by atoms with Gasteiger partial charge in [0.05, 0.1) is 17.8 Å². The highest BCUT2D eigenvalue weighted by Crippen LogP contribution is 2.37. The molecule has 23 heavy (non-hydrogen) atoms. The van der Waals surface area contributed by atoms with Gasteiger partial charge in [0.15, 0.2) is 0 Å². The fraction of sp³-hybridized carbons (Fsp3) is 0.500. The number of amides is 1. The minimum absolute atomic E-state index is 0.00621. The normalized spacial score (nSPS) is 12.1. The van der Waals surface area contributed by atoms with Crippen LogP contribution in [-0.2, 0) is 14.3 Å². The van der Waals surface area contributed by atoms with E-state index in [-0.39, 0.29) is 28.5 Å². The van der Waals surface area contributed by atoms with E-state index in [9.17, 15) is 14.0 Å². The van der Waals surface area contributed by atoms with Crippen molar-refractivity contribution in [3.8, 4) is 0 Å². The Bertz CT molecular complexity index is 581. The van der Waals surface area contributed by atoms with Crippen LogP contribution in [0, 0.1) is 11.7 Å². The zero-order chi connectivity index (χ0) is 17.6. The van der Waals surface area contributed by atoms with Crippen LogP contribution in [0.25, 0.3) is 0 Å². The molecule has 0 bridgehead atoms. The number of esters is 1. The number of thioether (sulfide) groups is 1. The molecule has 0 saturated heterocycles. The highest BCUT2D eigenvalue weighted by Gasteiger charge is 2.26. The third-order valence-corrected chi connectivity index (χ3v) is 5.07. The lowest BCUT2D eigenvalue weighted by Crippen LogP contribution is -2.24. The zero-order valence-corrected chi connectivity index (χ0v) is 15.2. The van der Waals surface area contributed by atoms with Gasteiger partial charge in [-0.1, -0.05) is 32.4 Å². The van der Waals surface area contributed by atoms with E-state index in [1.165, 1.54) is 24.9 Å². The van der Waals surface area contributed by atoms with Gasteiger partial charge in [-0.05, 0) is 24.5 Å². The second-order valence-corrected chi connectivity index (χ2v) is 6.96. The van der Waals surface area contributed by atoms with E-state index >= 15 is 0 Å². The average molecular weight is 362 g/mol. The van der Waals surface area contributed by atoms with E-state index in [1.54, 1.807) is 0 Å². The summed E-state index contributed by atoms with van der Waals surface area (Å²) in [4.78, 5) is 24.0. The summed E-state index contributed by atoms with van der Waals surface area (Å²) in [5.41, 5.74) is 0.0581. The molecule has 1 rings (SSSR count). The van der Waals surface area contributed by atoms with Crippen LogP contribution >= 0.6 is 23.4 Å². The average Bonchev–Trinajstić information content (AvgIpc) is 2.48. The highest BCUT2D eigenvalue weighted by atomic mass is 35.5. The predicted molar refractivity (Wildman–Crippen MR) is 91.4 cm³/mol. The predicted octanol–water partition coefficient (Wildman–Crippen LogP) is 4.51. The summed E-state index contributed by atoms with van der Waals surface area (Å²) < 4.78 is 18.7. The van der Waals surface area contributed by atoms with Gasteiger partial charge in [0, 0.05) is 11.3 Å². The first-order chi connectivity index (χ1) is 10.8. The lowest BCUT2D eigenvalue weighted by molar-refractivity contribution is -0.140. The number of carbonyl (C=O) groups excluding carboxylic acids is 2. The molecule has 0 aliphatic heterocycles. The molecular formula is C16H21ClFNO3S. The van der Waals surface area contributed by atoms with Crippen molar-refractivity contribution in [2.45, 2.75) is 43.8 Å². The molecule has 0 saturated carbocycles. The van der Waals surface area contributed by atoms with Crippen LogP contribution in [0.15, 0.2) is 17.0 Å². The summed E-state index contributed by atoms with van der Waals surface area (Å²) in [7, 11) is 1.32. The second kappa shape index (κ2) is 9.13. The summed E-state index contributed by atoms with van der Waals surface area (Å²) in [6.45, 7) is 5.63. The van der Waals surface area contributed by atoms with Crippen molar-refractivity contribution in [1.29, 1.82) is 0 Å². The Morgan fingerprint density at radius 1 is 1.39 bits per heavy atom. The third kappa shape index (κ3) is 5.70. The number of nitrogens with one attached hydrogen (secondary N) is 1. The number of rotatable bonds is 7. The molecule has 1 unspecified atom stereocenters. The van der Waals surface area contributed by atoms with Crippen molar-refractivity contribution in [1.82, 2.24) is 0 Å². The smallest absolute Gasteiger partial charge is 0.319 e. The van der Waals surface area contributed by atoms with Crippen LogP contribution in [-0.4, -0.2) is 24.2 Å². The minimum Gasteiger partial charge on any atom is -0.468 e. The van der Waals surface area contributed by atoms with Gasteiger partial charge in [0.25, 0.3) is 0 Å². The SMILES string of the molecule is CCCC(=O)Nc1cc(SC(C(=O)OC)C(C)C)c(Cl)cc1F. The lowest BCUT2D eigenvalue weighted by atomic mass is 10.1. The lowest BCUT2D eigenvalue weighted by Gasteiger charge is -2.19. The molecule has 0 aliphatic rings. The summed E-state index contributed by atoms with van der Waals surface area (Å²) in [5.74, 6) is -1.24. The Hall–Kier alpha value is -1.27. The standard InChI is InChI=1S/C16H21ClFNO3S/c1-5-6-14(20)19-12-8-13(10(17)7-11(12)18)23-15(9(2)3)16(21)22-4/h7-9,15H,5-6H2,1-4H3,(H,19,20). The van der Waals surface area contributed by atoms with E-state index in [2.05, 4.69) is 5.32 Å².